The second-order valence-corrected chi connectivity index (χ2v) is 5.07. The lowest BCUT2D eigenvalue weighted by molar-refractivity contribution is -0.122. The molecule has 0 rings (SSSR count). The summed E-state index contributed by atoms with van der Waals surface area (Å²) in [5.41, 5.74) is 5.54. The van der Waals surface area contributed by atoms with Crippen LogP contribution in [0.3, 0.4) is 0 Å². The number of hydrogen-bond donors (Lipinski definition) is 2. The van der Waals surface area contributed by atoms with Gasteiger partial charge in [-0.25, -0.2) is 0 Å². The van der Waals surface area contributed by atoms with E-state index in [-0.39, 0.29) is 5.91 Å². The summed E-state index contributed by atoms with van der Waals surface area (Å²) in [6, 6.07) is 0. The van der Waals surface area contributed by atoms with E-state index in [0.717, 1.165) is 19.5 Å². The van der Waals surface area contributed by atoms with Crippen LogP contribution in [0.1, 0.15) is 27.2 Å². The molecule has 3 N–H and O–H groups in total. The van der Waals surface area contributed by atoms with Gasteiger partial charge in [-0.05, 0) is 31.8 Å². The summed E-state index contributed by atoms with van der Waals surface area (Å²) in [5, 5.41) is 2.92. The van der Waals surface area contributed by atoms with Crippen LogP contribution < -0.4 is 11.1 Å². The summed E-state index contributed by atoms with van der Waals surface area (Å²) in [5.74, 6) is 1.18. The van der Waals surface area contributed by atoms with E-state index >= 15 is 0 Å². The van der Waals surface area contributed by atoms with Crippen LogP contribution >= 0.6 is 0 Å². The van der Waals surface area contributed by atoms with Crippen LogP contribution in [0.4, 0.5) is 0 Å². The van der Waals surface area contributed by atoms with Gasteiger partial charge in [0.05, 0.1) is 6.54 Å². The Morgan fingerprint density at radius 1 is 1.38 bits per heavy atom. The minimum atomic E-state index is 0.104. The molecule has 0 bridgehead atoms. The third-order valence-electron chi connectivity index (χ3n) is 2.48. The Kier molecular flexibility index (Phi) is 8.21. The van der Waals surface area contributed by atoms with E-state index in [0.29, 0.717) is 24.9 Å². The molecule has 0 aliphatic rings. The SMILES string of the molecule is CC(C)CCNC(=O)CN(C)CC(C)CN. The summed E-state index contributed by atoms with van der Waals surface area (Å²) in [7, 11) is 1.95. The van der Waals surface area contributed by atoms with Crippen molar-refractivity contribution in [2.45, 2.75) is 27.2 Å². The number of carbonyl (C=O) groups excluding carboxylic acids is 1. The molecule has 0 spiro atoms. The monoisotopic (exact) mass is 229 g/mol. The molecule has 1 atom stereocenters. The smallest absolute Gasteiger partial charge is 0.234 e. The molecule has 4 heteroatoms. The van der Waals surface area contributed by atoms with E-state index in [9.17, 15) is 4.79 Å². The Morgan fingerprint density at radius 2 is 2.00 bits per heavy atom. The largest absolute Gasteiger partial charge is 0.355 e. The highest BCUT2D eigenvalue weighted by molar-refractivity contribution is 5.77. The van der Waals surface area contributed by atoms with Crippen LogP contribution in [0.25, 0.3) is 0 Å². The maximum absolute atomic E-state index is 11.5. The molecule has 0 fully saturated rings. The Morgan fingerprint density at radius 3 is 2.50 bits per heavy atom. The number of nitrogens with zero attached hydrogens (tertiary/aromatic N) is 1. The van der Waals surface area contributed by atoms with Gasteiger partial charge in [0.2, 0.25) is 5.91 Å². The van der Waals surface area contributed by atoms with Crippen LogP contribution in [0.5, 0.6) is 0 Å². The van der Waals surface area contributed by atoms with Gasteiger partial charge in [0.1, 0.15) is 0 Å². The quantitative estimate of drug-likeness (QED) is 0.643. The molecule has 0 aromatic heterocycles. The Hall–Kier alpha value is -0.610. The maximum atomic E-state index is 11.5. The van der Waals surface area contributed by atoms with Gasteiger partial charge in [-0.15, -0.1) is 0 Å². The predicted molar refractivity (Wildman–Crippen MR) is 68.2 cm³/mol. The Labute approximate surface area is 99.6 Å². The average molecular weight is 229 g/mol. The molecule has 96 valence electrons. The number of nitrogens with one attached hydrogen (secondary N) is 1. The first-order valence-electron chi connectivity index (χ1n) is 6.11. The highest BCUT2D eigenvalue weighted by Gasteiger charge is 2.08. The number of amides is 1. The Bertz CT molecular complexity index is 195. The van der Waals surface area contributed by atoms with Crippen molar-refractivity contribution in [1.29, 1.82) is 0 Å². The first-order chi connectivity index (χ1) is 7.45. The lowest BCUT2D eigenvalue weighted by Crippen LogP contribution is -2.38. The summed E-state index contributed by atoms with van der Waals surface area (Å²) in [4.78, 5) is 13.5. The number of likely N-dealkylation sites (N-methyl/N-ethyl adjacent to an activating group) is 1. The lowest BCUT2D eigenvalue weighted by Gasteiger charge is -2.19. The topological polar surface area (TPSA) is 58.4 Å². The van der Waals surface area contributed by atoms with Crippen LogP contribution in [0.2, 0.25) is 0 Å². The fourth-order valence-corrected chi connectivity index (χ4v) is 1.47. The van der Waals surface area contributed by atoms with Crippen molar-refractivity contribution in [2.24, 2.45) is 17.6 Å². The molecule has 4 nitrogen and oxygen atoms in total. The molecule has 16 heavy (non-hydrogen) atoms. The normalized spacial score (nSPS) is 13.2. The highest BCUT2D eigenvalue weighted by atomic mass is 16.2. The van der Waals surface area contributed by atoms with Crippen molar-refractivity contribution >= 4 is 5.91 Å². The van der Waals surface area contributed by atoms with Crippen molar-refractivity contribution in [2.75, 3.05) is 33.2 Å². The minimum Gasteiger partial charge on any atom is -0.355 e. The van der Waals surface area contributed by atoms with E-state index in [1.165, 1.54) is 0 Å². The van der Waals surface area contributed by atoms with Gasteiger partial charge in [0.25, 0.3) is 0 Å². The zero-order valence-corrected chi connectivity index (χ0v) is 11.1. The fourth-order valence-electron chi connectivity index (χ4n) is 1.47. The van der Waals surface area contributed by atoms with Crippen molar-refractivity contribution in [3.8, 4) is 0 Å². The van der Waals surface area contributed by atoms with Crippen LogP contribution in [-0.4, -0.2) is 44.0 Å². The summed E-state index contributed by atoms with van der Waals surface area (Å²) in [6.07, 6.45) is 1.04. The zero-order chi connectivity index (χ0) is 12.6. The molecule has 1 amide bonds. The number of nitrogens with two attached hydrogens (primary N) is 1. The van der Waals surface area contributed by atoms with Gasteiger partial charge in [-0.3, -0.25) is 9.69 Å². The van der Waals surface area contributed by atoms with E-state index in [1.54, 1.807) is 0 Å². The second kappa shape index (κ2) is 8.53. The standard InChI is InChI=1S/C12H27N3O/c1-10(2)5-6-14-12(16)9-15(4)8-11(3)7-13/h10-11H,5-9,13H2,1-4H3,(H,14,16). The van der Waals surface area contributed by atoms with Crippen LogP contribution in [-0.2, 0) is 4.79 Å². The first kappa shape index (κ1) is 15.4. The average Bonchev–Trinajstić information content (AvgIpc) is 2.16. The number of carbonyl (C=O) groups is 1. The molecule has 0 saturated carbocycles. The van der Waals surface area contributed by atoms with E-state index < -0.39 is 0 Å². The third kappa shape index (κ3) is 8.68. The summed E-state index contributed by atoms with van der Waals surface area (Å²) >= 11 is 0. The number of rotatable bonds is 8. The van der Waals surface area contributed by atoms with Gasteiger partial charge in [-0.2, -0.15) is 0 Å². The molecule has 0 saturated heterocycles. The fraction of sp³-hybridized carbons (Fsp3) is 0.917. The second-order valence-electron chi connectivity index (χ2n) is 5.07. The molecule has 0 radical (unpaired) electrons. The van der Waals surface area contributed by atoms with Crippen LogP contribution in [0.15, 0.2) is 0 Å². The van der Waals surface area contributed by atoms with Gasteiger partial charge in [0, 0.05) is 13.1 Å². The molecule has 0 heterocycles. The molecular formula is C12H27N3O. The van der Waals surface area contributed by atoms with Gasteiger partial charge < -0.3 is 11.1 Å². The van der Waals surface area contributed by atoms with E-state index in [4.69, 9.17) is 5.73 Å². The summed E-state index contributed by atoms with van der Waals surface area (Å²) in [6.45, 7) is 9.17. The third-order valence-corrected chi connectivity index (χ3v) is 2.48. The molecule has 0 aliphatic heterocycles. The predicted octanol–water partition coefficient (Wildman–Crippen LogP) is 0.675. The van der Waals surface area contributed by atoms with E-state index in [2.05, 4.69) is 26.1 Å². The Balaban J connectivity index is 3.62. The highest BCUT2D eigenvalue weighted by Crippen LogP contribution is 1.97. The van der Waals surface area contributed by atoms with Crippen molar-refractivity contribution in [1.82, 2.24) is 10.2 Å². The van der Waals surface area contributed by atoms with E-state index in [1.807, 2.05) is 11.9 Å². The molecule has 0 aliphatic carbocycles. The molecule has 0 aromatic carbocycles. The molecule has 1 unspecified atom stereocenters. The van der Waals surface area contributed by atoms with Crippen molar-refractivity contribution in [3.63, 3.8) is 0 Å². The summed E-state index contributed by atoms with van der Waals surface area (Å²) < 4.78 is 0. The van der Waals surface area contributed by atoms with Gasteiger partial charge in [-0.1, -0.05) is 20.8 Å². The minimum absolute atomic E-state index is 0.104. The van der Waals surface area contributed by atoms with Crippen LogP contribution in [0, 0.1) is 11.8 Å². The first-order valence-corrected chi connectivity index (χ1v) is 6.11. The maximum Gasteiger partial charge on any atom is 0.234 e. The lowest BCUT2D eigenvalue weighted by atomic mass is 10.1. The molecule has 0 aromatic rings. The zero-order valence-electron chi connectivity index (χ0n) is 11.1. The van der Waals surface area contributed by atoms with Gasteiger partial charge >= 0.3 is 0 Å². The van der Waals surface area contributed by atoms with Crippen molar-refractivity contribution < 1.29 is 4.79 Å². The molecular weight excluding hydrogens is 202 g/mol. The number of hydrogen-bond acceptors (Lipinski definition) is 3. The van der Waals surface area contributed by atoms with Crippen molar-refractivity contribution in [3.05, 3.63) is 0 Å². The van der Waals surface area contributed by atoms with Gasteiger partial charge in [0.15, 0.2) is 0 Å².